The van der Waals surface area contributed by atoms with Gasteiger partial charge in [-0.3, -0.25) is 11.6 Å². The number of esters is 1. The Morgan fingerprint density at radius 1 is 1.42 bits per heavy atom. The van der Waals surface area contributed by atoms with Crippen LogP contribution in [0.5, 0.6) is 5.75 Å². The number of nitrogen functional groups attached to an aromatic ring is 2. The van der Waals surface area contributed by atoms with Gasteiger partial charge >= 0.3 is 11.8 Å². The molecule has 0 spiro atoms. The first-order valence-corrected chi connectivity index (χ1v) is 5.83. The van der Waals surface area contributed by atoms with Gasteiger partial charge in [0.25, 0.3) is 0 Å². The Labute approximate surface area is 110 Å². The number of benzene rings is 1. The molecule has 0 aliphatic heterocycles. The van der Waals surface area contributed by atoms with Crippen molar-refractivity contribution in [1.82, 2.24) is 0 Å². The largest absolute Gasteiger partial charge is 0.492 e. The molecule has 4 N–H and O–H groups in total. The van der Waals surface area contributed by atoms with Gasteiger partial charge in [-0.1, -0.05) is 12.1 Å². The summed E-state index contributed by atoms with van der Waals surface area (Å²) in [5.41, 5.74) is 6.75. The number of ether oxygens (including phenoxy) is 2. The molecule has 0 saturated heterocycles. The zero-order valence-electron chi connectivity index (χ0n) is 10.8. The highest BCUT2D eigenvalue weighted by Gasteiger charge is 2.23. The molecule has 1 heterocycles. The fourth-order valence-electron chi connectivity index (χ4n) is 1.93. The highest BCUT2D eigenvalue weighted by atomic mass is 16.5. The number of para-hydroxylation sites is 1. The lowest BCUT2D eigenvalue weighted by Gasteiger charge is -2.09. The summed E-state index contributed by atoms with van der Waals surface area (Å²) >= 11 is 0. The van der Waals surface area contributed by atoms with Gasteiger partial charge in [0.2, 0.25) is 5.52 Å². The number of rotatable bonds is 3. The van der Waals surface area contributed by atoms with E-state index in [1.807, 2.05) is 12.1 Å². The van der Waals surface area contributed by atoms with Crippen LogP contribution in [-0.2, 0) is 4.74 Å². The van der Waals surface area contributed by atoms with Crippen molar-refractivity contribution in [3.8, 4) is 5.75 Å². The normalized spacial score (nSPS) is 10.4. The van der Waals surface area contributed by atoms with Crippen LogP contribution in [0.4, 0.5) is 5.82 Å². The van der Waals surface area contributed by atoms with Crippen LogP contribution in [0, 0.1) is 0 Å². The van der Waals surface area contributed by atoms with Crippen LogP contribution < -0.4 is 21.0 Å². The minimum atomic E-state index is -0.496. The van der Waals surface area contributed by atoms with Gasteiger partial charge in [0.15, 0.2) is 11.3 Å². The number of carbonyl (C=O) groups is 1. The minimum Gasteiger partial charge on any atom is -0.492 e. The van der Waals surface area contributed by atoms with E-state index in [0.717, 1.165) is 5.39 Å². The molecule has 0 unspecified atom stereocenters. The summed E-state index contributed by atoms with van der Waals surface area (Å²) < 4.78 is 11.4. The highest BCUT2D eigenvalue weighted by Crippen LogP contribution is 2.24. The first-order valence-electron chi connectivity index (χ1n) is 5.83. The van der Waals surface area contributed by atoms with Gasteiger partial charge in [0.05, 0.1) is 13.7 Å². The first kappa shape index (κ1) is 12.9. The van der Waals surface area contributed by atoms with Crippen LogP contribution in [-0.4, -0.2) is 19.7 Å². The van der Waals surface area contributed by atoms with Crippen LogP contribution in [0.3, 0.4) is 0 Å². The summed E-state index contributed by atoms with van der Waals surface area (Å²) in [7, 11) is 1.55. The van der Waals surface area contributed by atoms with Crippen LogP contribution in [0.1, 0.15) is 17.3 Å². The molecule has 0 radical (unpaired) electrons. The quantitative estimate of drug-likeness (QED) is 0.480. The number of nitrogens with zero attached hydrogens (tertiary/aromatic N) is 1. The van der Waals surface area contributed by atoms with E-state index in [1.54, 1.807) is 26.2 Å². The summed E-state index contributed by atoms with van der Waals surface area (Å²) in [5, 5.41) is 0.749. The van der Waals surface area contributed by atoms with Crippen molar-refractivity contribution < 1.29 is 18.9 Å². The molecule has 1 aromatic carbocycles. The molecule has 6 heteroatoms. The number of hydrogen-bond donors (Lipinski definition) is 2. The van der Waals surface area contributed by atoms with Crippen LogP contribution in [0.2, 0.25) is 0 Å². The third-order valence-electron chi connectivity index (χ3n) is 2.82. The smallest absolute Gasteiger partial charge is 0.346 e. The fourth-order valence-corrected chi connectivity index (χ4v) is 1.93. The van der Waals surface area contributed by atoms with Crippen molar-refractivity contribution in [2.24, 2.45) is 0 Å². The second kappa shape index (κ2) is 5.01. The topological polar surface area (TPSA) is 91.5 Å². The Kier molecular flexibility index (Phi) is 3.41. The molecule has 0 fully saturated rings. The van der Waals surface area contributed by atoms with Crippen LogP contribution in [0.25, 0.3) is 10.9 Å². The predicted octanol–water partition coefficient (Wildman–Crippen LogP) is 0.609. The van der Waals surface area contributed by atoms with E-state index in [9.17, 15) is 4.79 Å². The van der Waals surface area contributed by atoms with Crippen LogP contribution >= 0.6 is 0 Å². The Bertz CT molecular complexity index is 641. The van der Waals surface area contributed by atoms with Gasteiger partial charge in [0, 0.05) is 5.39 Å². The maximum Gasteiger partial charge on any atom is 0.346 e. The number of hydrogen-bond acceptors (Lipinski definition) is 5. The van der Waals surface area contributed by atoms with Crippen molar-refractivity contribution in [1.29, 1.82) is 0 Å². The molecule has 19 heavy (non-hydrogen) atoms. The van der Waals surface area contributed by atoms with Gasteiger partial charge in [-0.15, -0.1) is 4.68 Å². The Hall–Kier alpha value is -2.50. The lowest BCUT2D eigenvalue weighted by Crippen LogP contribution is -2.49. The van der Waals surface area contributed by atoms with E-state index >= 15 is 0 Å². The van der Waals surface area contributed by atoms with Crippen LogP contribution in [0.15, 0.2) is 24.3 Å². The summed E-state index contributed by atoms with van der Waals surface area (Å²) in [6.07, 6.45) is 0. The van der Waals surface area contributed by atoms with E-state index in [-0.39, 0.29) is 18.0 Å². The molecule has 100 valence electrons. The molecule has 2 aromatic rings. The van der Waals surface area contributed by atoms with Crippen molar-refractivity contribution in [2.75, 3.05) is 25.3 Å². The first-order chi connectivity index (χ1) is 9.10. The lowest BCUT2D eigenvalue weighted by molar-refractivity contribution is -0.596. The predicted molar refractivity (Wildman–Crippen MR) is 71.2 cm³/mol. The molecular weight excluding hydrogens is 246 g/mol. The maximum absolute atomic E-state index is 11.8. The number of nitrogens with two attached hydrogens (primary N) is 2. The van der Waals surface area contributed by atoms with E-state index in [0.29, 0.717) is 11.3 Å². The van der Waals surface area contributed by atoms with Crippen molar-refractivity contribution >= 4 is 22.7 Å². The van der Waals surface area contributed by atoms with Crippen molar-refractivity contribution in [3.63, 3.8) is 0 Å². The van der Waals surface area contributed by atoms with Gasteiger partial charge < -0.3 is 9.47 Å². The number of anilines is 1. The molecule has 2 rings (SSSR count). The van der Waals surface area contributed by atoms with Gasteiger partial charge in [-0.05, 0) is 19.1 Å². The molecule has 0 aliphatic rings. The van der Waals surface area contributed by atoms with Gasteiger partial charge in [-0.25, -0.2) is 4.79 Å². The monoisotopic (exact) mass is 262 g/mol. The highest BCUT2D eigenvalue weighted by molar-refractivity contribution is 5.97. The molecule has 0 aliphatic carbocycles. The van der Waals surface area contributed by atoms with E-state index < -0.39 is 5.97 Å². The molecule has 0 amide bonds. The standard InChI is InChI=1S/C13H15N3O3/c1-3-19-13(17)9-7-8-5-4-6-10(18-2)11(8)16(15)12(9)14/h4-7,14H,3,15H2,1-2H3/p+1. The number of aromatic nitrogens is 1. The second-order valence-electron chi connectivity index (χ2n) is 3.93. The number of methoxy groups -OCH3 is 1. The zero-order chi connectivity index (χ0) is 14.0. The summed E-state index contributed by atoms with van der Waals surface area (Å²) in [5.74, 6) is 6.16. The SMILES string of the molecule is CCOC(=O)c1cc2cccc(OC)c2[n+](N)c1N. The van der Waals surface area contributed by atoms with E-state index in [1.165, 1.54) is 4.68 Å². The molecule has 0 saturated carbocycles. The molecule has 0 atom stereocenters. The molecule has 1 aromatic heterocycles. The number of fused-ring (bicyclic) bond motifs is 1. The average Bonchev–Trinajstić information content (AvgIpc) is 2.42. The average molecular weight is 262 g/mol. The Morgan fingerprint density at radius 3 is 2.79 bits per heavy atom. The lowest BCUT2D eigenvalue weighted by atomic mass is 10.1. The fraction of sp³-hybridized carbons (Fsp3) is 0.231. The molecule has 6 nitrogen and oxygen atoms in total. The van der Waals surface area contributed by atoms with Gasteiger partial charge in [0.1, 0.15) is 0 Å². The summed E-state index contributed by atoms with van der Waals surface area (Å²) in [6, 6.07) is 7.05. The summed E-state index contributed by atoms with van der Waals surface area (Å²) in [4.78, 5) is 11.8. The zero-order valence-corrected chi connectivity index (χ0v) is 10.8. The van der Waals surface area contributed by atoms with E-state index in [4.69, 9.17) is 21.1 Å². The number of pyridine rings is 1. The van der Waals surface area contributed by atoms with Gasteiger partial charge in [-0.2, -0.15) is 0 Å². The molecule has 0 bridgehead atoms. The minimum absolute atomic E-state index is 0.135. The maximum atomic E-state index is 11.8. The van der Waals surface area contributed by atoms with E-state index in [2.05, 4.69) is 0 Å². The summed E-state index contributed by atoms with van der Waals surface area (Å²) in [6.45, 7) is 2.01. The van der Waals surface area contributed by atoms with Crippen molar-refractivity contribution in [2.45, 2.75) is 6.92 Å². The number of carbonyl (C=O) groups excluding carboxylic acids is 1. The third kappa shape index (κ3) is 2.12. The van der Waals surface area contributed by atoms with Crippen molar-refractivity contribution in [3.05, 3.63) is 29.8 Å². The molecular formula is C13H16N3O3+. The Balaban J connectivity index is 2.72. The Morgan fingerprint density at radius 2 is 2.16 bits per heavy atom. The third-order valence-corrected chi connectivity index (χ3v) is 2.82. The second-order valence-corrected chi connectivity index (χ2v) is 3.93.